The van der Waals surface area contributed by atoms with Crippen LogP contribution in [0.15, 0.2) is 24.3 Å². The maximum atomic E-state index is 2.34. The third-order valence-corrected chi connectivity index (χ3v) is 2.59. The van der Waals surface area contributed by atoms with Crippen molar-refractivity contribution in [2.24, 2.45) is 5.92 Å². The highest BCUT2D eigenvalue weighted by molar-refractivity contribution is 7.59. The van der Waals surface area contributed by atoms with Crippen LogP contribution in [0.5, 0.6) is 0 Å². The molecule has 66 valence electrons. The molecule has 1 heteroatoms. The Balaban J connectivity index is 0.000000720. The van der Waals surface area contributed by atoms with E-state index < -0.39 is 0 Å². The maximum absolute atomic E-state index is 2.34. The zero-order valence-corrected chi connectivity index (χ0v) is 8.51. The van der Waals surface area contributed by atoms with Crippen LogP contribution in [0.4, 0.5) is 0 Å². The van der Waals surface area contributed by atoms with Gasteiger partial charge in [-0.3, -0.25) is 0 Å². The lowest BCUT2D eigenvalue weighted by molar-refractivity contribution is 0.501. The first-order chi connectivity index (χ1) is 5.36. The average molecular weight is 180 g/mol. The molecule has 1 atom stereocenters. The van der Waals surface area contributed by atoms with Crippen molar-refractivity contribution < 1.29 is 0 Å². The van der Waals surface area contributed by atoms with Gasteiger partial charge in [-0.25, -0.2) is 0 Å². The third-order valence-electron chi connectivity index (χ3n) is 2.59. The highest BCUT2D eigenvalue weighted by Gasteiger charge is 2.13. The minimum Gasteiger partial charge on any atom is -0.197 e. The summed E-state index contributed by atoms with van der Waals surface area (Å²) in [6.07, 6.45) is 3.95. The van der Waals surface area contributed by atoms with Crippen LogP contribution in [0.2, 0.25) is 0 Å². The van der Waals surface area contributed by atoms with Crippen LogP contribution in [-0.2, 0) is 12.8 Å². The fourth-order valence-corrected chi connectivity index (χ4v) is 1.88. The number of hydrogen-bond donors (Lipinski definition) is 0. The topological polar surface area (TPSA) is 0 Å². The standard InChI is InChI=1S/C11H14.H2S/c1-9-6-7-10-4-2-3-5-11(10)8-9;/h2-5,9H,6-8H2,1H3;1H2. The molecule has 1 aromatic rings. The van der Waals surface area contributed by atoms with E-state index in [1.54, 1.807) is 11.1 Å². The van der Waals surface area contributed by atoms with Crippen LogP contribution in [0.3, 0.4) is 0 Å². The van der Waals surface area contributed by atoms with Crippen LogP contribution in [0, 0.1) is 5.92 Å². The van der Waals surface area contributed by atoms with E-state index in [0.717, 1.165) is 5.92 Å². The summed E-state index contributed by atoms with van der Waals surface area (Å²) in [4.78, 5) is 0. The number of rotatable bonds is 0. The van der Waals surface area contributed by atoms with Gasteiger partial charge in [0.05, 0.1) is 0 Å². The van der Waals surface area contributed by atoms with Crippen molar-refractivity contribution in [3.05, 3.63) is 35.4 Å². The number of aryl methyl sites for hydroxylation is 1. The van der Waals surface area contributed by atoms with Gasteiger partial charge >= 0.3 is 0 Å². The first kappa shape index (κ1) is 9.66. The van der Waals surface area contributed by atoms with Crippen molar-refractivity contribution in [1.82, 2.24) is 0 Å². The molecule has 0 aromatic heterocycles. The van der Waals surface area contributed by atoms with Gasteiger partial charge in [-0.2, -0.15) is 13.5 Å². The van der Waals surface area contributed by atoms with Crippen LogP contribution in [0.1, 0.15) is 24.5 Å². The van der Waals surface area contributed by atoms with Crippen LogP contribution in [-0.4, -0.2) is 0 Å². The van der Waals surface area contributed by atoms with Gasteiger partial charge in [-0.05, 0) is 36.3 Å². The molecule has 0 heterocycles. The second-order valence-corrected chi connectivity index (χ2v) is 3.62. The average Bonchev–Trinajstić information content (AvgIpc) is 2.04. The van der Waals surface area contributed by atoms with Gasteiger partial charge in [0, 0.05) is 0 Å². The summed E-state index contributed by atoms with van der Waals surface area (Å²) in [5.74, 6) is 0.893. The Kier molecular flexibility index (Phi) is 3.21. The minimum atomic E-state index is 0. The molecule has 2 rings (SSSR count). The van der Waals surface area contributed by atoms with E-state index in [1.807, 2.05) is 0 Å². The zero-order chi connectivity index (χ0) is 7.68. The summed E-state index contributed by atoms with van der Waals surface area (Å²) in [6.45, 7) is 2.34. The van der Waals surface area contributed by atoms with Gasteiger partial charge in [0.15, 0.2) is 0 Å². The van der Waals surface area contributed by atoms with E-state index in [0.29, 0.717) is 0 Å². The van der Waals surface area contributed by atoms with E-state index in [2.05, 4.69) is 31.2 Å². The van der Waals surface area contributed by atoms with Crippen LogP contribution >= 0.6 is 13.5 Å². The van der Waals surface area contributed by atoms with E-state index in [4.69, 9.17) is 0 Å². The second kappa shape index (κ2) is 3.99. The quantitative estimate of drug-likeness (QED) is 0.576. The normalized spacial score (nSPS) is 20.9. The molecule has 1 aromatic carbocycles. The molecular formula is C11H16S. The zero-order valence-electron chi connectivity index (χ0n) is 7.51. The lowest BCUT2D eigenvalue weighted by atomic mass is 9.85. The van der Waals surface area contributed by atoms with Crippen LogP contribution in [0.25, 0.3) is 0 Å². The van der Waals surface area contributed by atoms with Crippen LogP contribution < -0.4 is 0 Å². The molecule has 0 bridgehead atoms. The van der Waals surface area contributed by atoms with E-state index in [9.17, 15) is 0 Å². The molecule has 0 aliphatic heterocycles. The molecule has 0 nitrogen and oxygen atoms in total. The summed E-state index contributed by atoms with van der Waals surface area (Å²) in [5, 5.41) is 0. The smallest absolute Gasteiger partial charge is 0.0250 e. The van der Waals surface area contributed by atoms with Gasteiger partial charge in [0.1, 0.15) is 0 Å². The molecule has 0 N–H and O–H groups in total. The van der Waals surface area contributed by atoms with Crippen molar-refractivity contribution in [1.29, 1.82) is 0 Å². The Labute approximate surface area is 81.4 Å². The fraction of sp³-hybridized carbons (Fsp3) is 0.455. The molecule has 0 radical (unpaired) electrons. The summed E-state index contributed by atoms with van der Waals surface area (Å²) in [6, 6.07) is 8.83. The van der Waals surface area contributed by atoms with Gasteiger partial charge in [0.2, 0.25) is 0 Å². The molecule has 12 heavy (non-hydrogen) atoms. The van der Waals surface area contributed by atoms with Gasteiger partial charge in [-0.15, -0.1) is 0 Å². The second-order valence-electron chi connectivity index (χ2n) is 3.62. The highest BCUT2D eigenvalue weighted by Crippen LogP contribution is 2.24. The Morgan fingerprint density at radius 3 is 2.58 bits per heavy atom. The Morgan fingerprint density at radius 2 is 1.83 bits per heavy atom. The van der Waals surface area contributed by atoms with Crippen molar-refractivity contribution in [2.45, 2.75) is 26.2 Å². The lowest BCUT2D eigenvalue weighted by Gasteiger charge is -2.20. The van der Waals surface area contributed by atoms with Crippen molar-refractivity contribution >= 4 is 13.5 Å². The Morgan fingerprint density at radius 1 is 1.17 bits per heavy atom. The van der Waals surface area contributed by atoms with Gasteiger partial charge in [-0.1, -0.05) is 31.2 Å². The first-order valence-electron chi connectivity index (χ1n) is 4.43. The SMILES string of the molecule is CC1CCc2ccccc2C1.S. The largest absolute Gasteiger partial charge is 0.197 e. The van der Waals surface area contributed by atoms with E-state index in [1.165, 1.54) is 19.3 Å². The Bertz CT molecular complexity index is 255. The number of fused-ring (bicyclic) bond motifs is 1. The monoisotopic (exact) mass is 180 g/mol. The Hall–Kier alpha value is -0.430. The summed E-state index contributed by atoms with van der Waals surface area (Å²) in [7, 11) is 0. The predicted octanol–water partition coefficient (Wildman–Crippen LogP) is 2.92. The molecule has 0 saturated carbocycles. The fourth-order valence-electron chi connectivity index (χ4n) is 1.88. The maximum Gasteiger partial charge on any atom is -0.0250 e. The van der Waals surface area contributed by atoms with Gasteiger partial charge in [0.25, 0.3) is 0 Å². The first-order valence-corrected chi connectivity index (χ1v) is 4.43. The van der Waals surface area contributed by atoms with Gasteiger partial charge < -0.3 is 0 Å². The molecule has 1 aliphatic rings. The molecule has 1 aliphatic carbocycles. The summed E-state index contributed by atoms with van der Waals surface area (Å²) >= 11 is 0. The number of benzene rings is 1. The summed E-state index contributed by atoms with van der Waals surface area (Å²) < 4.78 is 0. The third kappa shape index (κ3) is 1.84. The molecule has 1 unspecified atom stereocenters. The molecule has 0 amide bonds. The van der Waals surface area contributed by atoms with Crippen molar-refractivity contribution in [3.63, 3.8) is 0 Å². The molecular weight excluding hydrogens is 164 g/mol. The molecule has 0 spiro atoms. The molecule has 0 saturated heterocycles. The van der Waals surface area contributed by atoms with E-state index in [-0.39, 0.29) is 13.5 Å². The van der Waals surface area contributed by atoms with Crippen molar-refractivity contribution in [3.8, 4) is 0 Å². The lowest BCUT2D eigenvalue weighted by Crippen LogP contribution is -2.10. The minimum absolute atomic E-state index is 0. The molecule has 0 fully saturated rings. The number of hydrogen-bond acceptors (Lipinski definition) is 0. The highest BCUT2D eigenvalue weighted by atomic mass is 32.1. The van der Waals surface area contributed by atoms with E-state index >= 15 is 0 Å². The predicted molar refractivity (Wildman–Crippen MR) is 58.0 cm³/mol. The summed E-state index contributed by atoms with van der Waals surface area (Å²) in [5.41, 5.74) is 3.15. The van der Waals surface area contributed by atoms with Crippen molar-refractivity contribution in [2.75, 3.05) is 0 Å².